The van der Waals surface area contributed by atoms with E-state index in [4.69, 9.17) is 5.84 Å². The third-order valence-corrected chi connectivity index (χ3v) is 3.29. The Kier molecular flexibility index (Phi) is 2.00. The Labute approximate surface area is 61.9 Å². The van der Waals surface area contributed by atoms with Crippen molar-refractivity contribution >= 4 is 21.4 Å². The molecule has 0 aromatic carbocycles. The molecule has 0 radical (unpaired) electrons. The number of hydrazine groups is 1. The van der Waals surface area contributed by atoms with E-state index >= 15 is 0 Å². The summed E-state index contributed by atoms with van der Waals surface area (Å²) in [6.45, 7) is 0. The van der Waals surface area contributed by atoms with Crippen LogP contribution in [-0.2, 0) is 10.0 Å². The third kappa shape index (κ3) is 1.32. The summed E-state index contributed by atoms with van der Waals surface area (Å²) in [7, 11) is -3.47. The maximum Gasteiger partial charge on any atom is 0.264 e. The maximum atomic E-state index is 10.8. The van der Waals surface area contributed by atoms with Crippen LogP contribution in [0.25, 0.3) is 0 Å². The smallest absolute Gasteiger partial charge is 0.257 e. The maximum absolute atomic E-state index is 10.8. The summed E-state index contributed by atoms with van der Waals surface area (Å²) in [5, 5.41) is 0. The Balaban J connectivity index is 3.09. The van der Waals surface area contributed by atoms with Crippen LogP contribution in [0.3, 0.4) is 0 Å². The number of hydrogen-bond donors (Lipinski definition) is 2. The lowest BCUT2D eigenvalue weighted by Crippen LogP contribution is -2.29. The molecule has 0 atom stereocenters. The van der Waals surface area contributed by atoms with Crippen LogP contribution in [0.15, 0.2) is 15.9 Å². The molecular weight excluding hydrogens is 174 g/mol. The van der Waals surface area contributed by atoms with Crippen molar-refractivity contribution in [1.82, 2.24) is 9.82 Å². The molecule has 0 saturated carbocycles. The van der Waals surface area contributed by atoms with Gasteiger partial charge in [-0.25, -0.2) is 8.42 Å². The largest absolute Gasteiger partial charge is 0.264 e. The quantitative estimate of drug-likeness (QED) is 0.464. The van der Waals surface area contributed by atoms with Crippen molar-refractivity contribution in [1.29, 1.82) is 0 Å². The zero-order chi connectivity index (χ0) is 7.61. The van der Waals surface area contributed by atoms with Crippen molar-refractivity contribution in [3.8, 4) is 0 Å². The first-order chi connectivity index (χ1) is 4.67. The normalized spacial score (nSPS) is 11.7. The molecule has 0 saturated heterocycles. The van der Waals surface area contributed by atoms with Crippen molar-refractivity contribution in [2.24, 2.45) is 5.84 Å². The number of sulfonamides is 1. The summed E-state index contributed by atoms with van der Waals surface area (Å²) in [5.74, 6) is 4.74. The Morgan fingerprint density at radius 1 is 1.70 bits per heavy atom. The molecule has 0 amide bonds. The number of hydrogen-bond acceptors (Lipinski definition) is 5. The standard InChI is InChI=1S/C3H5N3O2S2/c4-6-10(7,8)3-1-5-2-9-3/h1-2,6H,4H2. The molecule has 0 spiro atoms. The van der Waals surface area contributed by atoms with Gasteiger partial charge in [0.2, 0.25) is 0 Å². The number of rotatable bonds is 2. The minimum absolute atomic E-state index is 0.120. The molecule has 1 aromatic heterocycles. The van der Waals surface area contributed by atoms with Crippen molar-refractivity contribution in [3.63, 3.8) is 0 Å². The number of nitrogens with zero attached hydrogens (tertiary/aromatic N) is 1. The molecule has 0 aliphatic carbocycles. The number of nitrogens with one attached hydrogen (secondary N) is 1. The molecule has 0 aliphatic heterocycles. The monoisotopic (exact) mass is 179 g/mol. The highest BCUT2D eigenvalue weighted by Gasteiger charge is 2.12. The average molecular weight is 179 g/mol. The van der Waals surface area contributed by atoms with Gasteiger partial charge in [0.1, 0.15) is 0 Å². The number of thiazole rings is 1. The van der Waals surface area contributed by atoms with Crippen molar-refractivity contribution < 1.29 is 8.42 Å². The van der Waals surface area contributed by atoms with Crippen LogP contribution < -0.4 is 10.7 Å². The second-order valence-corrected chi connectivity index (χ2v) is 4.27. The lowest BCUT2D eigenvalue weighted by atomic mass is 11.0. The van der Waals surface area contributed by atoms with Crippen molar-refractivity contribution in [2.75, 3.05) is 0 Å². The molecule has 56 valence electrons. The zero-order valence-corrected chi connectivity index (χ0v) is 6.45. The lowest BCUT2D eigenvalue weighted by molar-refractivity contribution is 0.586. The molecule has 1 aromatic rings. The molecule has 3 N–H and O–H groups in total. The molecule has 0 fully saturated rings. The Morgan fingerprint density at radius 2 is 2.40 bits per heavy atom. The molecule has 0 aliphatic rings. The first-order valence-corrected chi connectivity index (χ1v) is 4.64. The second kappa shape index (κ2) is 2.62. The summed E-state index contributed by atoms with van der Waals surface area (Å²) < 4.78 is 21.7. The van der Waals surface area contributed by atoms with Gasteiger partial charge >= 0.3 is 0 Å². The Morgan fingerprint density at radius 3 is 2.80 bits per heavy atom. The Hall–Kier alpha value is -0.500. The van der Waals surface area contributed by atoms with E-state index in [-0.39, 0.29) is 4.21 Å². The van der Waals surface area contributed by atoms with E-state index < -0.39 is 10.0 Å². The van der Waals surface area contributed by atoms with E-state index in [2.05, 4.69) is 4.98 Å². The van der Waals surface area contributed by atoms with Gasteiger partial charge in [0.25, 0.3) is 10.0 Å². The van der Waals surface area contributed by atoms with Gasteiger partial charge in [0.05, 0.1) is 11.7 Å². The predicted molar refractivity (Wildman–Crippen MR) is 36.6 cm³/mol. The topological polar surface area (TPSA) is 85.1 Å². The van der Waals surface area contributed by atoms with Crippen LogP contribution in [0.4, 0.5) is 0 Å². The lowest BCUT2D eigenvalue weighted by Gasteiger charge is -1.93. The predicted octanol–water partition coefficient (Wildman–Crippen LogP) is -0.705. The summed E-state index contributed by atoms with van der Waals surface area (Å²) in [6, 6.07) is 0. The van der Waals surface area contributed by atoms with Gasteiger partial charge in [-0.3, -0.25) is 10.8 Å². The molecule has 7 heteroatoms. The average Bonchev–Trinajstić information content (AvgIpc) is 2.38. The third-order valence-electron chi connectivity index (χ3n) is 0.830. The van der Waals surface area contributed by atoms with Crippen LogP contribution in [-0.4, -0.2) is 13.4 Å². The van der Waals surface area contributed by atoms with E-state index in [1.807, 2.05) is 0 Å². The highest BCUT2D eigenvalue weighted by Crippen LogP contribution is 2.11. The highest BCUT2D eigenvalue weighted by molar-refractivity contribution is 7.91. The second-order valence-electron chi connectivity index (χ2n) is 1.44. The number of aromatic nitrogens is 1. The van der Waals surface area contributed by atoms with E-state index in [0.717, 1.165) is 11.3 Å². The molecule has 5 nitrogen and oxygen atoms in total. The molecule has 1 rings (SSSR count). The van der Waals surface area contributed by atoms with Gasteiger partial charge in [-0.05, 0) is 0 Å². The van der Waals surface area contributed by atoms with E-state index in [1.54, 1.807) is 4.83 Å². The van der Waals surface area contributed by atoms with Gasteiger partial charge in [-0.15, -0.1) is 16.2 Å². The minimum Gasteiger partial charge on any atom is -0.257 e. The molecule has 0 unspecified atom stereocenters. The molecule has 0 bridgehead atoms. The van der Waals surface area contributed by atoms with Gasteiger partial charge in [-0.1, -0.05) is 0 Å². The van der Waals surface area contributed by atoms with Crippen molar-refractivity contribution in [3.05, 3.63) is 11.7 Å². The van der Waals surface area contributed by atoms with Gasteiger partial charge < -0.3 is 0 Å². The van der Waals surface area contributed by atoms with Crippen LogP contribution in [0.5, 0.6) is 0 Å². The van der Waals surface area contributed by atoms with Crippen molar-refractivity contribution in [2.45, 2.75) is 4.21 Å². The van der Waals surface area contributed by atoms with Gasteiger partial charge in [0.15, 0.2) is 4.21 Å². The van der Waals surface area contributed by atoms with Gasteiger partial charge in [0, 0.05) is 0 Å². The van der Waals surface area contributed by atoms with E-state index in [1.165, 1.54) is 11.7 Å². The summed E-state index contributed by atoms with van der Waals surface area (Å²) in [4.78, 5) is 5.27. The number of nitrogens with two attached hydrogens (primary N) is 1. The minimum atomic E-state index is -3.47. The van der Waals surface area contributed by atoms with Crippen LogP contribution in [0, 0.1) is 0 Å². The zero-order valence-electron chi connectivity index (χ0n) is 4.81. The summed E-state index contributed by atoms with van der Waals surface area (Å²) in [6.07, 6.45) is 1.24. The first kappa shape index (κ1) is 7.61. The first-order valence-electron chi connectivity index (χ1n) is 2.28. The van der Waals surface area contributed by atoms with Crippen LogP contribution >= 0.6 is 11.3 Å². The Bertz CT molecular complexity index is 290. The molecule has 1 heterocycles. The van der Waals surface area contributed by atoms with E-state index in [9.17, 15) is 8.42 Å². The van der Waals surface area contributed by atoms with Gasteiger partial charge in [-0.2, -0.15) is 0 Å². The van der Waals surface area contributed by atoms with Crippen LogP contribution in [0.1, 0.15) is 0 Å². The highest BCUT2D eigenvalue weighted by atomic mass is 32.2. The van der Waals surface area contributed by atoms with E-state index in [0.29, 0.717) is 0 Å². The summed E-state index contributed by atoms with van der Waals surface area (Å²) >= 11 is 1.01. The fraction of sp³-hybridized carbons (Fsp3) is 0. The molecular formula is C3H5N3O2S2. The molecule has 10 heavy (non-hydrogen) atoms. The summed E-state index contributed by atoms with van der Waals surface area (Å²) in [5.41, 5.74) is 1.42. The fourth-order valence-corrected chi connectivity index (χ4v) is 1.84. The van der Waals surface area contributed by atoms with Crippen LogP contribution in [0.2, 0.25) is 0 Å². The fourth-order valence-electron chi connectivity index (χ4n) is 0.395. The SMILES string of the molecule is NNS(=O)(=O)c1cncs1.